The molecule has 1 aliphatic heterocycles. The summed E-state index contributed by atoms with van der Waals surface area (Å²) in [4.78, 5) is 17.6. The Balaban J connectivity index is 1.37. The summed E-state index contributed by atoms with van der Waals surface area (Å²) in [6.07, 6.45) is 7.71. The summed E-state index contributed by atoms with van der Waals surface area (Å²) in [5.41, 5.74) is 1.12. The molecule has 1 heterocycles. The van der Waals surface area contributed by atoms with E-state index >= 15 is 0 Å². The molecule has 0 unspecified atom stereocenters. The molecule has 1 saturated heterocycles. The number of aliphatic hydroxyl groups is 1. The van der Waals surface area contributed by atoms with Gasteiger partial charge in [0.15, 0.2) is 11.5 Å². The number of piperazine rings is 1. The van der Waals surface area contributed by atoms with E-state index in [0.717, 1.165) is 49.4 Å². The molecule has 1 atom stereocenters. The van der Waals surface area contributed by atoms with E-state index in [0.29, 0.717) is 25.9 Å². The standard InChI is InChI=1S/C28H36N2O4/c1-33-25-13-12-22(19-26(25)34-24-10-5-6-11-24)29-16-17-30(27(31)28(32)14-7-15-28)23(20-29)18-21-8-3-2-4-9-21/h2-4,8-9,12-13,19,23-24,32H,5-7,10-11,14-18,20H2,1H3/t23-/m0/s1. The Morgan fingerprint density at radius 2 is 1.79 bits per heavy atom. The summed E-state index contributed by atoms with van der Waals surface area (Å²) in [6, 6.07) is 16.5. The molecule has 2 aromatic rings. The number of methoxy groups -OCH3 is 1. The summed E-state index contributed by atoms with van der Waals surface area (Å²) in [5.74, 6) is 1.46. The molecule has 0 spiro atoms. The van der Waals surface area contributed by atoms with Crippen molar-refractivity contribution in [2.24, 2.45) is 0 Å². The molecule has 0 bridgehead atoms. The first-order valence-corrected chi connectivity index (χ1v) is 12.7. The summed E-state index contributed by atoms with van der Waals surface area (Å²) in [6.45, 7) is 2.04. The Kier molecular flexibility index (Phi) is 6.68. The van der Waals surface area contributed by atoms with E-state index in [2.05, 4.69) is 29.2 Å². The molecule has 1 N–H and O–H groups in total. The van der Waals surface area contributed by atoms with E-state index < -0.39 is 5.60 Å². The van der Waals surface area contributed by atoms with Gasteiger partial charge in [0.1, 0.15) is 5.60 Å². The third kappa shape index (κ3) is 4.74. The first-order chi connectivity index (χ1) is 16.6. The third-order valence-electron chi connectivity index (χ3n) is 7.74. The second kappa shape index (κ2) is 9.87. The second-order valence-electron chi connectivity index (χ2n) is 10.0. The van der Waals surface area contributed by atoms with Crippen molar-refractivity contribution in [2.75, 3.05) is 31.6 Å². The molecule has 6 nitrogen and oxygen atoms in total. The zero-order valence-corrected chi connectivity index (χ0v) is 20.1. The maximum Gasteiger partial charge on any atom is 0.254 e. The van der Waals surface area contributed by atoms with Gasteiger partial charge < -0.3 is 24.4 Å². The van der Waals surface area contributed by atoms with Crippen molar-refractivity contribution < 1.29 is 19.4 Å². The zero-order valence-electron chi connectivity index (χ0n) is 20.1. The Hall–Kier alpha value is -2.73. The Bertz CT molecular complexity index is 985. The number of nitrogens with zero attached hydrogens (tertiary/aromatic N) is 2. The highest BCUT2D eigenvalue weighted by Crippen LogP contribution is 2.37. The van der Waals surface area contributed by atoms with Crippen LogP contribution in [0.4, 0.5) is 5.69 Å². The summed E-state index contributed by atoms with van der Waals surface area (Å²) < 4.78 is 11.9. The van der Waals surface area contributed by atoms with Gasteiger partial charge in [0.05, 0.1) is 19.3 Å². The number of ether oxygens (including phenoxy) is 2. The average molecular weight is 465 g/mol. The number of hydrogen-bond acceptors (Lipinski definition) is 5. The van der Waals surface area contributed by atoms with Crippen LogP contribution in [0.5, 0.6) is 11.5 Å². The minimum atomic E-state index is -1.17. The molecule has 5 rings (SSSR count). The van der Waals surface area contributed by atoms with Crippen LogP contribution in [0.1, 0.15) is 50.5 Å². The fourth-order valence-electron chi connectivity index (χ4n) is 5.55. The van der Waals surface area contributed by atoms with Crippen molar-refractivity contribution in [2.45, 2.75) is 69.1 Å². The van der Waals surface area contributed by atoms with Crippen LogP contribution in [0.15, 0.2) is 48.5 Å². The fraction of sp³-hybridized carbons (Fsp3) is 0.536. The number of carbonyl (C=O) groups is 1. The van der Waals surface area contributed by atoms with Crippen LogP contribution in [0, 0.1) is 0 Å². The van der Waals surface area contributed by atoms with Crippen molar-refractivity contribution in [3.8, 4) is 11.5 Å². The second-order valence-corrected chi connectivity index (χ2v) is 10.0. The van der Waals surface area contributed by atoms with Crippen LogP contribution in [0.3, 0.4) is 0 Å². The predicted octanol–water partition coefficient (Wildman–Crippen LogP) is 4.19. The number of rotatable bonds is 7. The van der Waals surface area contributed by atoms with Gasteiger partial charge >= 0.3 is 0 Å². The van der Waals surface area contributed by atoms with Gasteiger partial charge in [-0.2, -0.15) is 0 Å². The summed E-state index contributed by atoms with van der Waals surface area (Å²) in [7, 11) is 1.68. The Labute approximate surface area is 202 Å². The molecule has 6 heteroatoms. The van der Waals surface area contributed by atoms with Crippen molar-refractivity contribution in [3.63, 3.8) is 0 Å². The largest absolute Gasteiger partial charge is 0.493 e. The van der Waals surface area contributed by atoms with Gasteiger partial charge in [-0.05, 0) is 69.1 Å². The van der Waals surface area contributed by atoms with Crippen LogP contribution in [-0.2, 0) is 11.2 Å². The normalized spacial score (nSPS) is 22.4. The van der Waals surface area contributed by atoms with E-state index in [1.165, 1.54) is 18.4 Å². The molecular formula is C28H36N2O4. The number of hydrogen-bond donors (Lipinski definition) is 1. The first kappa shape index (κ1) is 23.0. The van der Waals surface area contributed by atoms with Crippen molar-refractivity contribution in [1.29, 1.82) is 0 Å². The quantitative estimate of drug-likeness (QED) is 0.666. The molecule has 3 aliphatic rings. The highest BCUT2D eigenvalue weighted by Gasteiger charge is 2.47. The lowest BCUT2D eigenvalue weighted by atomic mass is 9.78. The minimum Gasteiger partial charge on any atom is -0.493 e. The Morgan fingerprint density at radius 3 is 2.47 bits per heavy atom. The number of benzene rings is 2. The minimum absolute atomic E-state index is 0.00502. The van der Waals surface area contributed by atoms with Gasteiger partial charge in [-0.15, -0.1) is 0 Å². The van der Waals surface area contributed by atoms with Crippen LogP contribution >= 0.6 is 0 Å². The van der Waals surface area contributed by atoms with Gasteiger partial charge in [0.25, 0.3) is 5.91 Å². The smallest absolute Gasteiger partial charge is 0.254 e. The lowest BCUT2D eigenvalue weighted by molar-refractivity contribution is -0.163. The highest BCUT2D eigenvalue weighted by atomic mass is 16.5. The maximum atomic E-state index is 13.3. The van der Waals surface area contributed by atoms with Gasteiger partial charge in [0.2, 0.25) is 0 Å². The maximum absolute atomic E-state index is 13.3. The van der Waals surface area contributed by atoms with E-state index in [9.17, 15) is 9.90 Å². The lowest BCUT2D eigenvalue weighted by Gasteiger charge is -2.47. The van der Waals surface area contributed by atoms with Crippen molar-refractivity contribution >= 4 is 11.6 Å². The van der Waals surface area contributed by atoms with Gasteiger partial charge in [-0.25, -0.2) is 0 Å². The van der Waals surface area contributed by atoms with Crippen LogP contribution in [-0.4, -0.2) is 60.4 Å². The predicted molar refractivity (Wildman–Crippen MR) is 133 cm³/mol. The Morgan fingerprint density at radius 1 is 1.03 bits per heavy atom. The van der Waals surface area contributed by atoms with Crippen molar-refractivity contribution in [1.82, 2.24) is 4.90 Å². The summed E-state index contributed by atoms with van der Waals surface area (Å²) >= 11 is 0. The fourth-order valence-corrected chi connectivity index (χ4v) is 5.55. The van der Waals surface area contributed by atoms with Gasteiger partial charge in [-0.1, -0.05) is 30.3 Å². The number of anilines is 1. The zero-order chi connectivity index (χ0) is 23.5. The molecule has 0 radical (unpaired) electrons. The van der Waals surface area contributed by atoms with Crippen LogP contribution < -0.4 is 14.4 Å². The highest BCUT2D eigenvalue weighted by molar-refractivity contribution is 5.86. The van der Waals surface area contributed by atoms with Gasteiger partial charge in [0, 0.05) is 31.4 Å². The molecule has 2 aliphatic carbocycles. The van der Waals surface area contributed by atoms with Crippen LogP contribution in [0.25, 0.3) is 0 Å². The molecule has 34 heavy (non-hydrogen) atoms. The average Bonchev–Trinajstić information content (AvgIpc) is 3.36. The topological polar surface area (TPSA) is 62.2 Å². The summed E-state index contributed by atoms with van der Waals surface area (Å²) in [5, 5.41) is 10.8. The molecule has 3 fully saturated rings. The van der Waals surface area contributed by atoms with Crippen molar-refractivity contribution in [3.05, 3.63) is 54.1 Å². The number of amides is 1. The lowest BCUT2D eigenvalue weighted by Crippen LogP contribution is -2.62. The van der Waals surface area contributed by atoms with Crippen LogP contribution in [0.2, 0.25) is 0 Å². The van der Waals surface area contributed by atoms with E-state index in [-0.39, 0.29) is 18.1 Å². The molecular weight excluding hydrogens is 428 g/mol. The molecule has 182 valence electrons. The van der Waals surface area contributed by atoms with E-state index in [4.69, 9.17) is 9.47 Å². The molecule has 0 aromatic heterocycles. The van der Waals surface area contributed by atoms with E-state index in [1.807, 2.05) is 29.2 Å². The molecule has 1 amide bonds. The molecule has 2 aromatic carbocycles. The molecule has 2 saturated carbocycles. The first-order valence-electron chi connectivity index (χ1n) is 12.7. The SMILES string of the molecule is COc1ccc(N2CCN(C(=O)C3(O)CCC3)[C@@H](Cc3ccccc3)C2)cc1OC1CCCC1. The third-order valence-corrected chi connectivity index (χ3v) is 7.74. The monoisotopic (exact) mass is 464 g/mol. The number of carbonyl (C=O) groups excluding carboxylic acids is 1. The van der Waals surface area contributed by atoms with E-state index in [1.54, 1.807) is 7.11 Å². The van der Waals surface area contributed by atoms with Gasteiger partial charge in [-0.3, -0.25) is 4.79 Å².